The lowest BCUT2D eigenvalue weighted by atomic mass is 9.73. The Bertz CT molecular complexity index is 411. The molecule has 0 amide bonds. The minimum absolute atomic E-state index is 0.0617. The number of rotatable bonds is 4. The maximum absolute atomic E-state index is 13.7. The largest absolute Gasteiger partial charge is 0.394 e. The molecule has 0 heterocycles. The second kappa shape index (κ2) is 5.91. The van der Waals surface area contributed by atoms with E-state index in [1.807, 2.05) is 6.07 Å². The molecule has 0 saturated heterocycles. The van der Waals surface area contributed by atoms with Gasteiger partial charge in [-0.15, -0.1) is 0 Å². The lowest BCUT2D eigenvalue weighted by Gasteiger charge is -2.41. The van der Waals surface area contributed by atoms with Crippen LogP contribution in [-0.4, -0.2) is 17.3 Å². The van der Waals surface area contributed by atoms with Crippen LogP contribution in [0.25, 0.3) is 0 Å². The average Bonchev–Trinajstić information content (AvgIpc) is 2.42. The van der Waals surface area contributed by atoms with Gasteiger partial charge in [0.15, 0.2) is 0 Å². The Morgan fingerprint density at radius 3 is 2.47 bits per heavy atom. The number of hydrogen-bond acceptors (Lipinski definition) is 2. The van der Waals surface area contributed by atoms with E-state index in [0.717, 1.165) is 31.6 Å². The van der Waals surface area contributed by atoms with Crippen LogP contribution < -0.4 is 5.32 Å². The predicted molar refractivity (Wildman–Crippen MR) is 76.6 cm³/mol. The number of hydrogen-bond donors (Lipinski definition) is 2. The number of aliphatic hydroxyl groups is 1. The number of anilines is 1. The van der Waals surface area contributed by atoms with Gasteiger partial charge in [0.05, 0.1) is 17.8 Å². The minimum Gasteiger partial charge on any atom is -0.394 e. The van der Waals surface area contributed by atoms with Crippen molar-refractivity contribution >= 4 is 5.69 Å². The first kappa shape index (κ1) is 14.3. The molecule has 1 aromatic rings. The van der Waals surface area contributed by atoms with Crippen molar-refractivity contribution in [1.82, 2.24) is 0 Å². The summed E-state index contributed by atoms with van der Waals surface area (Å²) < 4.78 is 13.7. The SMILES string of the molecule is CC(C)C1CCC(CO)(Nc2ccccc2F)CC1. The summed E-state index contributed by atoms with van der Waals surface area (Å²) in [4.78, 5) is 0. The molecule has 1 aliphatic carbocycles. The first-order valence-corrected chi connectivity index (χ1v) is 7.20. The van der Waals surface area contributed by atoms with E-state index in [1.54, 1.807) is 12.1 Å². The van der Waals surface area contributed by atoms with Gasteiger partial charge in [-0.1, -0.05) is 26.0 Å². The van der Waals surface area contributed by atoms with Crippen molar-refractivity contribution in [2.45, 2.75) is 45.1 Å². The summed E-state index contributed by atoms with van der Waals surface area (Å²) >= 11 is 0. The highest BCUT2D eigenvalue weighted by molar-refractivity contribution is 5.47. The standard InChI is InChI=1S/C16H24FNO/c1-12(2)13-7-9-16(11-19,10-8-13)18-15-6-4-3-5-14(15)17/h3-6,12-13,18-19H,7-11H2,1-2H3. The Morgan fingerprint density at radius 2 is 1.95 bits per heavy atom. The molecular weight excluding hydrogens is 241 g/mol. The van der Waals surface area contributed by atoms with Crippen LogP contribution in [0.15, 0.2) is 24.3 Å². The molecule has 0 unspecified atom stereocenters. The van der Waals surface area contributed by atoms with E-state index < -0.39 is 0 Å². The van der Waals surface area contributed by atoms with Gasteiger partial charge < -0.3 is 10.4 Å². The number of nitrogens with one attached hydrogen (secondary N) is 1. The molecule has 2 rings (SSSR count). The van der Waals surface area contributed by atoms with Crippen LogP contribution in [0.5, 0.6) is 0 Å². The minimum atomic E-state index is -0.354. The van der Waals surface area contributed by atoms with E-state index in [4.69, 9.17) is 0 Å². The summed E-state index contributed by atoms with van der Waals surface area (Å²) in [6, 6.07) is 6.69. The third-order valence-corrected chi connectivity index (χ3v) is 4.51. The van der Waals surface area contributed by atoms with Crippen molar-refractivity contribution in [3.05, 3.63) is 30.1 Å². The zero-order chi connectivity index (χ0) is 13.9. The van der Waals surface area contributed by atoms with Crippen molar-refractivity contribution in [1.29, 1.82) is 0 Å². The Balaban J connectivity index is 2.07. The predicted octanol–water partition coefficient (Wildman–Crippen LogP) is 3.81. The fourth-order valence-electron chi connectivity index (χ4n) is 3.03. The lowest BCUT2D eigenvalue weighted by Crippen LogP contribution is -2.46. The maximum Gasteiger partial charge on any atom is 0.146 e. The van der Waals surface area contributed by atoms with E-state index in [0.29, 0.717) is 11.6 Å². The third-order valence-electron chi connectivity index (χ3n) is 4.51. The molecule has 0 aliphatic heterocycles. The van der Waals surface area contributed by atoms with Crippen LogP contribution in [0, 0.1) is 17.7 Å². The quantitative estimate of drug-likeness (QED) is 0.867. The highest BCUT2D eigenvalue weighted by Crippen LogP contribution is 2.37. The fraction of sp³-hybridized carbons (Fsp3) is 0.625. The molecule has 1 fully saturated rings. The summed E-state index contributed by atoms with van der Waals surface area (Å²) in [5, 5.41) is 13.0. The van der Waals surface area contributed by atoms with Gasteiger partial charge in [0.25, 0.3) is 0 Å². The van der Waals surface area contributed by atoms with Crippen LogP contribution in [0.3, 0.4) is 0 Å². The number of benzene rings is 1. The first-order chi connectivity index (χ1) is 9.06. The van der Waals surface area contributed by atoms with Gasteiger partial charge in [-0.05, 0) is 49.7 Å². The number of halogens is 1. The Kier molecular flexibility index (Phi) is 4.46. The van der Waals surface area contributed by atoms with Crippen molar-refractivity contribution in [3.63, 3.8) is 0 Å². The smallest absolute Gasteiger partial charge is 0.146 e. The molecule has 2 nitrogen and oxygen atoms in total. The highest BCUT2D eigenvalue weighted by Gasteiger charge is 2.35. The van der Waals surface area contributed by atoms with Gasteiger partial charge in [-0.3, -0.25) is 0 Å². The molecule has 1 aromatic carbocycles. The van der Waals surface area contributed by atoms with Gasteiger partial charge in [-0.2, -0.15) is 0 Å². The van der Waals surface area contributed by atoms with Crippen LogP contribution >= 0.6 is 0 Å². The average molecular weight is 265 g/mol. The molecule has 0 aromatic heterocycles. The Morgan fingerprint density at radius 1 is 1.32 bits per heavy atom. The maximum atomic E-state index is 13.7. The second-order valence-electron chi connectivity index (χ2n) is 6.12. The highest BCUT2D eigenvalue weighted by atomic mass is 19.1. The van der Waals surface area contributed by atoms with Gasteiger partial charge in [0.2, 0.25) is 0 Å². The van der Waals surface area contributed by atoms with Crippen molar-refractivity contribution in [3.8, 4) is 0 Å². The van der Waals surface area contributed by atoms with E-state index in [1.165, 1.54) is 6.07 Å². The lowest BCUT2D eigenvalue weighted by molar-refractivity contribution is 0.136. The van der Waals surface area contributed by atoms with E-state index in [9.17, 15) is 9.50 Å². The molecule has 0 atom stereocenters. The number of aliphatic hydroxyl groups excluding tert-OH is 1. The third kappa shape index (κ3) is 3.27. The normalized spacial score (nSPS) is 27.5. The molecule has 1 saturated carbocycles. The zero-order valence-electron chi connectivity index (χ0n) is 11.8. The summed E-state index contributed by atoms with van der Waals surface area (Å²) in [6.07, 6.45) is 4.00. The Labute approximate surface area is 115 Å². The fourth-order valence-corrected chi connectivity index (χ4v) is 3.03. The van der Waals surface area contributed by atoms with Crippen molar-refractivity contribution in [2.24, 2.45) is 11.8 Å². The number of para-hydroxylation sites is 1. The van der Waals surface area contributed by atoms with Crippen LogP contribution in [0.2, 0.25) is 0 Å². The monoisotopic (exact) mass is 265 g/mol. The molecule has 2 N–H and O–H groups in total. The molecule has 1 aliphatic rings. The van der Waals surface area contributed by atoms with Gasteiger partial charge >= 0.3 is 0 Å². The molecule has 3 heteroatoms. The van der Waals surface area contributed by atoms with Crippen molar-refractivity contribution < 1.29 is 9.50 Å². The first-order valence-electron chi connectivity index (χ1n) is 7.20. The van der Waals surface area contributed by atoms with Crippen LogP contribution in [-0.2, 0) is 0 Å². The van der Waals surface area contributed by atoms with E-state index >= 15 is 0 Å². The second-order valence-corrected chi connectivity index (χ2v) is 6.12. The van der Waals surface area contributed by atoms with Gasteiger partial charge in [-0.25, -0.2) is 4.39 Å². The van der Waals surface area contributed by atoms with Crippen molar-refractivity contribution in [2.75, 3.05) is 11.9 Å². The molecular formula is C16H24FNO. The topological polar surface area (TPSA) is 32.3 Å². The van der Waals surface area contributed by atoms with Gasteiger partial charge in [0.1, 0.15) is 5.82 Å². The zero-order valence-corrected chi connectivity index (χ0v) is 11.8. The van der Waals surface area contributed by atoms with Gasteiger partial charge in [0, 0.05) is 0 Å². The molecule has 0 spiro atoms. The summed E-state index contributed by atoms with van der Waals surface area (Å²) in [7, 11) is 0. The molecule has 0 radical (unpaired) electrons. The van der Waals surface area contributed by atoms with E-state index in [-0.39, 0.29) is 18.0 Å². The van der Waals surface area contributed by atoms with Crippen LogP contribution in [0.4, 0.5) is 10.1 Å². The molecule has 19 heavy (non-hydrogen) atoms. The van der Waals surface area contributed by atoms with E-state index in [2.05, 4.69) is 19.2 Å². The van der Waals surface area contributed by atoms with Crippen LogP contribution in [0.1, 0.15) is 39.5 Å². The summed E-state index contributed by atoms with van der Waals surface area (Å²) in [5.41, 5.74) is 0.146. The molecule has 106 valence electrons. The molecule has 0 bridgehead atoms. The summed E-state index contributed by atoms with van der Waals surface area (Å²) in [5.74, 6) is 1.16. The summed E-state index contributed by atoms with van der Waals surface area (Å²) in [6.45, 7) is 4.56. The Hall–Kier alpha value is -1.09.